The number of amides is 1. The molecule has 1 amide bonds. The van der Waals surface area contributed by atoms with E-state index in [1.165, 1.54) is 6.07 Å². The van der Waals surface area contributed by atoms with E-state index in [1.54, 1.807) is 36.3 Å². The van der Waals surface area contributed by atoms with Crippen LogP contribution in [0.25, 0.3) is 10.9 Å². The number of para-hydroxylation sites is 1. The molecule has 1 aliphatic rings. The Hall–Kier alpha value is -3.81. The predicted molar refractivity (Wildman–Crippen MR) is 117 cm³/mol. The highest BCUT2D eigenvalue weighted by molar-refractivity contribution is 5.92. The first kappa shape index (κ1) is 20.5. The van der Waals surface area contributed by atoms with Crippen molar-refractivity contribution in [2.45, 2.75) is 0 Å². The maximum atomic E-state index is 12.5. The van der Waals surface area contributed by atoms with Gasteiger partial charge in [0.1, 0.15) is 11.4 Å². The quantitative estimate of drug-likeness (QED) is 0.634. The topological polar surface area (TPSA) is 91.9 Å². The second kappa shape index (κ2) is 8.91. The molecule has 4 rings (SSSR count). The molecule has 160 valence electrons. The molecule has 8 nitrogen and oxygen atoms in total. The van der Waals surface area contributed by atoms with Crippen LogP contribution in [0.5, 0.6) is 5.75 Å². The first-order chi connectivity index (χ1) is 15.0. The van der Waals surface area contributed by atoms with Crippen molar-refractivity contribution in [1.29, 1.82) is 0 Å². The number of pyridine rings is 1. The number of nitrogens with zero attached hydrogens (tertiary/aromatic N) is 2. The minimum Gasteiger partial charge on any atom is -0.497 e. The van der Waals surface area contributed by atoms with Crippen molar-refractivity contribution in [1.82, 2.24) is 9.88 Å². The Morgan fingerprint density at radius 2 is 1.71 bits per heavy atom. The molecular formula is C23H23N3O5. The Bertz CT molecular complexity index is 1150. The highest BCUT2D eigenvalue weighted by atomic mass is 16.5. The zero-order valence-corrected chi connectivity index (χ0v) is 17.2. The lowest BCUT2D eigenvalue weighted by atomic mass is 10.2. The molecule has 1 fully saturated rings. The van der Waals surface area contributed by atoms with E-state index in [4.69, 9.17) is 9.47 Å². The molecule has 8 heteroatoms. The Balaban J connectivity index is 1.31. The highest BCUT2D eigenvalue weighted by Gasteiger charge is 2.23. The lowest BCUT2D eigenvalue weighted by Crippen LogP contribution is -2.49. The molecule has 1 aliphatic heterocycles. The minimum atomic E-state index is -0.729. The molecule has 1 aromatic heterocycles. The molecule has 0 bridgehead atoms. The summed E-state index contributed by atoms with van der Waals surface area (Å²) in [6.07, 6.45) is 0. The molecule has 0 atom stereocenters. The Morgan fingerprint density at radius 3 is 2.42 bits per heavy atom. The number of carbonyl (C=O) groups excluding carboxylic acids is 2. The van der Waals surface area contributed by atoms with Gasteiger partial charge in [0.2, 0.25) is 0 Å². The van der Waals surface area contributed by atoms with Crippen molar-refractivity contribution >= 4 is 28.5 Å². The number of piperazine rings is 1. The van der Waals surface area contributed by atoms with Crippen LogP contribution >= 0.6 is 0 Å². The third-order valence-electron chi connectivity index (χ3n) is 5.35. The number of methoxy groups -OCH3 is 1. The Labute approximate surface area is 179 Å². The van der Waals surface area contributed by atoms with Gasteiger partial charge in [-0.15, -0.1) is 0 Å². The number of anilines is 1. The second-order valence-electron chi connectivity index (χ2n) is 7.23. The maximum Gasteiger partial charge on any atom is 0.355 e. The van der Waals surface area contributed by atoms with Crippen molar-refractivity contribution < 1.29 is 19.1 Å². The van der Waals surface area contributed by atoms with Crippen LogP contribution in [0.3, 0.4) is 0 Å². The van der Waals surface area contributed by atoms with Crippen LogP contribution in [-0.4, -0.2) is 61.7 Å². The third-order valence-corrected chi connectivity index (χ3v) is 5.35. The van der Waals surface area contributed by atoms with Crippen LogP contribution in [0.1, 0.15) is 10.5 Å². The van der Waals surface area contributed by atoms with Gasteiger partial charge in [-0.3, -0.25) is 9.59 Å². The van der Waals surface area contributed by atoms with Crippen molar-refractivity contribution in [3.8, 4) is 5.75 Å². The number of benzene rings is 2. The van der Waals surface area contributed by atoms with Crippen molar-refractivity contribution in [3.05, 3.63) is 70.5 Å². The number of hydrogen-bond donors (Lipinski definition) is 1. The van der Waals surface area contributed by atoms with E-state index >= 15 is 0 Å². The van der Waals surface area contributed by atoms with Crippen LogP contribution in [0.4, 0.5) is 5.69 Å². The van der Waals surface area contributed by atoms with Gasteiger partial charge >= 0.3 is 5.97 Å². The first-order valence-corrected chi connectivity index (χ1v) is 10.0. The molecule has 2 heterocycles. The van der Waals surface area contributed by atoms with Gasteiger partial charge in [-0.1, -0.05) is 12.1 Å². The maximum absolute atomic E-state index is 12.5. The molecule has 3 aromatic rings. The summed E-state index contributed by atoms with van der Waals surface area (Å²) in [7, 11) is 1.63. The van der Waals surface area contributed by atoms with Gasteiger partial charge in [-0.25, -0.2) is 4.79 Å². The SMILES string of the molecule is COc1ccc(N2CCN(C(=O)COC(=O)c3cc(=O)c4ccccc4[nH]3)CC2)cc1. The summed E-state index contributed by atoms with van der Waals surface area (Å²) in [4.78, 5) is 43.7. The molecule has 0 radical (unpaired) electrons. The normalized spacial score (nSPS) is 13.8. The van der Waals surface area contributed by atoms with Crippen molar-refractivity contribution in [2.75, 3.05) is 44.8 Å². The number of hydrogen-bond acceptors (Lipinski definition) is 6. The van der Waals surface area contributed by atoms with Gasteiger partial charge in [0, 0.05) is 48.8 Å². The summed E-state index contributed by atoms with van der Waals surface area (Å²) >= 11 is 0. The number of esters is 1. The van der Waals surface area contributed by atoms with E-state index in [0.717, 1.165) is 11.4 Å². The average molecular weight is 421 g/mol. The zero-order chi connectivity index (χ0) is 21.8. The van der Waals surface area contributed by atoms with Crippen LogP contribution in [0, 0.1) is 0 Å². The fourth-order valence-corrected chi connectivity index (χ4v) is 3.61. The smallest absolute Gasteiger partial charge is 0.355 e. The summed E-state index contributed by atoms with van der Waals surface area (Å²) in [5, 5.41) is 0.491. The van der Waals surface area contributed by atoms with Gasteiger partial charge in [-0.2, -0.15) is 0 Å². The number of rotatable bonds is 5. The van der Waals surface area contributed by atoms with E-state index < -0.39 is 5.97 Å². The van der Waals surface area contributed by atoms with Crippen molar-refractivity contribution in [3.63, 3.8) is 0 Å². The molecule has 2 aromatic carbocycles. The van der Waals surface area contributed by atoms with Gasteiger partial charge in [0.15, 0.2) is 12.0 Å². The van der Waals surface area contributed by atoms with E-state index in [2.05, 4.69) is 9.88 Å². The van der Waals surface area contributed by atoms with Crippen LogP contribution in [0.2, 0.25) is 0 Å². The van der Waals surface area contributed by atoms with Gasteiger partial charge < -0.3 is 24.3 Å². The number of carbonyl (C=O) groups is 2. The highest BCUT2D eigenvalue weighted by Crippen LogP contribution is 2.20. The van der Waals surface area contributed by atoms with Gasteiger partial charge in [-0.05, 0) is 36.4 Å². The summed E-state index contributed by atoms with van der Waals surface area (Å²) in [6.45, 7) is 2.08. The van der Waals surface area contributed by atoms with E-state index in [-0.39, 0.29) is 23.6 Å². The Morgan fingerprint density at radius 1 is 1.00 bits per heavy atom. The largest absolute Gasteiger partial charge is 0.497 e. The van der Waals surface area contributed by atoms with Gasteiger partial charge in [0.25, 0.3) is 5.91 Å². The molecule has 0 aliphatic carbocycles. The minimum absolute atomic E-state index is 0.0285. The fraction of sp³-hybridized carbons (Fsp3) is 0.261. The Kier molecular flexibility index (Phi) is 5.88. The zero-order valence-electron chi connectivity index (χ0n) is 17.2. The van der Waals surface area contributed by atoms with Crippen LogP contribution in [-0.2, 0) is 9.53 Å². The average Bonchev–Trinajstić information content (AvgIpc) is 2.82. The van der Waals surface area contributed by atoms with Crippen molar-refractivity contribution in [2.24, 2.45) is 0 Å². The lowest BCUT2D eigenvalue weighted by Gasteiger charge is -2.36. The molecule has 0 spiro atoms. The molecule has 1 N–H and O–H groups in total. The number of aromatic amines is 1. The molecule has 1 saturated heterocycles. The van der Waals surface area contributed by atoms with Gasteiger partial charge in [0.05, 0.1) is 7.11 Å². The molecule has 31 heavy (non-hydrogen) atoms. The molecule has 0 unspecified atom stereocenters. The number of aromatic nitrogens is 1. The number of H-pyrrole nitrogens is 1. The second-order valence-corrected chi connectivity index (χ2v) is 7.23. The third kappa shape index (κ3) is 4.53. The predicted octanol–water partition coefficient (Wildman–Crippen LogP) is 2.04. The number of fused-ring (bicyclic) bond motifs is 1. The molecule has 0 saturated carbocycles. The van der Waals surface area contributed by atoms with E-state index in [9.17, 15) is 14.4 Å². The number of nitrogens with one attached hydrogen (secondary N) is 1. The summed E-state index contributed by atoms with van der Waals surface area (Å²) < 4.78 is 10.3. The summed E-state index contributed by atoms with van der Waals surface area (Å²) in [5.74, 6) is -0.189. The first-order valence-electron chi connectivity index (χ1n) is 10.0. The van der Waals surface area contributed by atoms with Crippen LogP contribution in [0.15, 0.2) is 59.4 Å². The monoisotopic (exact) mass is 421 g/mol. The lowest BCUT2D eigenvalue weighted by molar-refractivity contribution is -0.134. The summed E-state index contributed by atoms with van der Waals surface area (Å²) in [6, 6.07) is 15.9. The standard InChI is InChI=1S/C23H23N3O5/c1-30-17-8-6-16(7-9-17)25-10-12-26(13-11-25)22(28)15-31-23(29)20-14-21(27)18-4-2-3-5-19(18)24-20/h2-9,14H,10-13,15H2,1H3,(H,24,27). The fourth-order valence-electron chi connectivity index (χ4n) is 3.61. The van der Waals surface area contributed by atoms with E-state index in [1.807, 2.05) is 24.3 Å². The number of ether oxygens (including phenoxy) is 2. The van der Waals surface area contributed by atoms with E-state index in [0.29, 0.717) is 37.1 Å². The summed E-state index contributed by atoms with van der Waals surface area (Å²) in [5.41, 5.74) is 1.37. The van der Waals surface area contributed by atoms with Crippen LogP contribution < -0.4 is 15.1 Å². The molecular weight excluding hydrogens is 398 g/mol.